The molecule has 57 heavy (non-hydrogen) atoms. The smallest absolute Gasteiger partial charge is 0.338 e. The Morgan fingerprint density at radius 2 is 0.439 bits per heavy atom. The van der Waals surface area contributed by atoms with E-state index in [4.69, 9.17) is 14.2 Å². The van der Waals surface area contributed by atoms with Gasteiger partial charge in [0.2, 0.25) is 0 Å². The van der Waals surface area contributed by atoms with Crippen LogP contribution >= 0.6 is 0 Å². The van der Waals surface area contributed by atoms with Crippen molar-refractivity contribution in [2.24, 2.45) is 0 Å². The minimum absolute atomic E-state index is 0.186. The van der Waals surface area contributed by atoms with Gasteiger partial charge in [0.05, 0.1) is 36.5 Å². The highest BCUT2D eigenvalue weighted by Crippen LogP contribution is 2.18. The van der Waals surface area contributed by atoms with Gasteiger partial charge in [0.15, 0.2) is 0 Å². The molecule has 0 saturated heterocycles. The van der Waals surface area contributed by atoms with Gasteiger partial charge < -0.3 is 14.2 Å². The maximum Gasteiger partial charge on any atom is 0.338 e. The zero-order valence-corrected chi connectivity index (χ0v) is 37.8. The second-order valence-corrected chi connectivity index (χ2v) is 16.9. The molecule has 1 rings (SSSR count). The van der Waals surface area contributed by atoms with Crippen LogP contribution in [0.3, 0.4) is 0 Å². The number of hydrogen-bond donors (Lipinski definition) is 0. The van der Waals surface area contributed by atoms with Gasteiger partial charge in [-0.05, 0) is 37.5 Å². The summed E-state index contributed by atoms with van der Waals surface area (Å²) in [7, 11) is 0. The van der Waals surface area contributed by atoms with E-state index in [1.807, 2.05) is 0 Å². The number of ether oxygens (including phenoxy) is 3. The quantitative estimate of drug-likeness (QED) is 0.0372. The van der Waals surface area contributed by atoms with E-state index in [1.165, 1.54) is 192 Å². The van der Waals surface area contributed by atoms with Crippen molar-refractivity contribution in [1.29, 1.82) is 0 Å². The molecule has 1 aromatic carbocycles. The van der Waals surface area contributed by atoms with Crippen LogP contribution in [0.2, 0.25) is 0 Å². The SMILES string of the molecule is CCCCCCCCCCCCCCOC(=O)c1cc(C(=O)OCCCCCCCCCCCCCC)cc(C(=O)OCCCCCCCCCCCCCC)c1. The molecule has 6 nitrogen and oxygen atoms in total. The Kier molecular flexibility index (Phi) is 37.3. The summed E-state index contributed by atoms with van der Waals surface area (Å²) in [6.07, 6.45) is 44.5. The van der Waals surface area contributed by atoms with Gasteiger partial charge in [0.25, 0.3) is 0 Å². The summed E-state index contributed by atoms with van der Waals surface area (Å²) in [6.45, 7) is 7.74. The van der Waals surface area contributed by atoms with Crippen molar-refractivity contribution in [3.05, 3.63) is 34.9 Å². The Hall–Kier alpha value is -2.37. The van der Waals surface area contributed by atoms with Crippen molar-refractivity contribution in [2.75, 3.05) is 19.8 Å². The molecule has 0 heterocycles. The molecule has 0 N–H and O–H groups in total. The molecule has 0 aliphatic rings. The fourth-order valence-electron chi connectivity index (χ4n) is 7.55. The third-order valence-corrected chi connectivity index (χ3v) is 11.3. The lowest BCUT2D eigenvalue weighted by Gasteiger charge is -2.11. The molecule has 0 radical (unpaired) electrons. The van der Waals surface area contributed by atoms with E-state index in [-0.39, 0.29) is 16.7 Å². The minimum Gasteiger partial charge on any atom is -0.462 e. The maximum absolute atomic E-state index is 13.1. The largest absolute Gasteiger partial charge is 0.462 e. The lowest BCUT2D eigenvalue weighted by atomic mass is 10.0. The number of carbonyl (C=O) groups is 3. The highest BCUT2D eigenvalue weighted by Gasteiger charge is 2.19. The summed E-state index contributed by atoms with van der Waals surface area (Å²) in [5, 5.41) is 0. The lowest BCUT2D eigenvalue weighted by Crippen LogP contribution is -2.14. The Bertz CT molecular complexity index is 938. The Morgan fingerprint density at radius 3 is 0.614 bits per heavy atom. The van der Waals surface area contributed by atoms with Crippen molar-refractivity contribution >= 4 is 17.9 Å². The number of carbonyl (C=O) groups excluding carboxylic acids is 3. The Balaban J connectivity index is 2.51. The van der Waals surface area contributed by atoms with Crippen LogP contribution in [0, 0.1) is 0 Å². The van der Waals surface area contributed by atoms with Gasteiger partial charge in [-0.15, -0.1) is 0 Å². The first-order valence-corrected chi connectivity index (χ1v) is 24.7. The molecule has 0 unspecified atom stereocenters. The molecular formula is C51H90O6. The second-order valence-electron chi connectivity index (χ2n) is 16.9. The van der Waals surface area contributed by atoms with Crippen molar-refractivity contribution in [1.82, 2.24) is 0 Å². The molecule has 0 bridgehead atoms. The van der Waals surface area contributed by atoms with E-state index in [1.54, 1.807) is 0 Å². The minimum atomic E-state index is -0.524. The van der Waals surface area contributed by atoms with Crippen LogP contribution in [0.15, 0.2) is 18.2 Å². The lowest BCUT2D eigenvalue weighted by molar-refractivity contribution is 0.0494. The van der Waals surface area contributed by atoms with Gasteiger partial charge in [-0.25, -0.2) is 14.4 Å². The molecule has 0 aromatic heterocycles. The van der Waals surface area contributed by atoms with Crippen molar-refractivity contribution in [3.8, 4) is 0 Å². The molecular weight excluding hydrogens is 709 g/mol. The summed E-state index contributed by atoms with van der Waals surface area (Å²) < 4.78 is 16.8. The van der Waals surface area contributed by atoms with Crippen LogP contribution in [-0.4, -0.2) is 37.7 Å². The van der Waals surface area contributed by atoms with Gasteiger partial charge in [0.1, 0.15) is 0 Å². The number of esters is 3. The zero-order valence-electron chi connectivity index (χ0n) is 37.8. The highest BCUT2D eigenvalue weighted by atomic mass is 16.5. The first-order valence-electron chi connectivity index (χ1n) is 24.7. The van der Waals surface area contributed by atoms with Crippen molar-refractivity contribution in [3.63, 3.8) is 0 Å². The molecule has 1 aromatic rings. The predicted molar refractivity (Wildman–Crippen MR) is 241 cm³/mol. The third kappa shape index (κ3) is 32.2. The molecule has 6 heteroatoms. The van der Waals surface area contributed by atoms with E-state index in [0.29, 0.717) is 19.8 Å². The molecule has 0 atom stereocenters. The molecule has 0 aliphatic heterocycles. The van der Waals surface area contributed by atoms with Crippen LogP contribution in [0.4, 0.5) is 0 Å². The van der Waals surface area contributed by atoms with Crippen molar-refractivity contribution < 1.29 is 28.6 Å². The summed E-state index contributed by atoms with van der Waals surface area (Å²) in [4.78, 5) is 39.4. The maximum atomic E-state index is 13.1. The van der Waals surface area contributed by atoms with Crippen LogP contribution in [0.1, 0.15) is 283 Å². The standard InChI is InChI=1S/C51H90O6/c1-4-7-10-13-16-19-22-25-28-31-34-37-40-55-49(52)46-43-47(50(53)56-41-38-35-32-29-26-23-20-17-14-11-8-5-2)45-48(44-46)51(54)57-42-39-36-33-30-27-24-21-18-15-12-9-6-3/h43-45H,4-42H2,1-3H3. The normalized spacial score (nSPS) is 11.2. The highest BCUT2D eigenvalue weighted by molar-refractivity contribution is 6.00. The average molecular weight is 799 g/mol. The fourth-order valence-corrected chi connectivity index (χ4v) is 7.55. The Labute approximate surface area is 352 Å². The van der Waals surface area contributed by atoms with Crippen molar-refractivity contribution in [2.45, 2.75) is 252 Å². The van der Waals surface area contributed by atoms with E-state index in [2.05, 4.69) is 20.8 Å². The third-order valence-electron chi connectivity index (χ3n) is 11.3. The second kappa shape index (κ2) is 40.4. The summed E-state index contributed by atoms with van der Waals surface area (Å²) in [5.41, 5.74) is 0.559. The van der Waals surface area contributed by atoms with Gasteiger partial charge in [-0.1, -0.05) is 233 Å². The van der Waals surface area contributed by atoms with Gasteiger partial charge in [0, 0.05) is 0 Å². The molecule has 330 valence electrons. The topological polar surface area (TPSA) is 78.9 Å². The Morgan fingerprint density at radius 1 is 0.281 bits per heavy atom. The number of benzene rings is 1. The van der Waals surface area contributed by atoms with E-state index < -0.39 is 17.9 Å². The summed E-state index contributed by atoms with van der Waals surface area (Å²) in [6, 6.07) is 4.49. The number of unbranched alkanes of at least 4 members (excludes halogenated alkanes) is 33. The molecule has 0 spiro atoms. The van der Waals surface area contributed by atoms with Crippen LogP contribution in [0.5, 0.6) is 0 Å². The predicted octanol–water partition coefficient (Wildman–Crippen LogP) is 16.3. The molecule has 0 amide bonds. The van der Waals surface area contributed by atoms with Gasteiger partial charge in [-0.3, -0.25) is 0 Å². The van der Waals surface area contributed by atoms with E-state index in [0.717, 1.165) is 57.8 Å². The number of hydrogen-bond acceptors (Lipinski definition) is 6. The van der Waals surface area contributed by atoms with Gasteiger partial charge in [-0.2, -0.15) is 0 Å². The number of rotatable bonds is 42. The van der Waals surface area contributed by atoms with Crippen LogP contribution in [0.25, 0.3) is 0 Å². The molecule has 0 fully saturated rings. The van der Waals surface area contributed by atoms with Gasteiger partial charge >= 0.3 is 17.9 Å². The first kappa shape index (κ1) is 52.6. The molecule has 0 saturated carbocycles. The average Bonchev–Trinajstić information content (AvgIpc) is 3.22. The van der Waals surface area contributed by atoms with Crippen LogP contribution in [-0.2, 0) is 14.2 Å². The van der Waals surface area contributed by atoms with E-state index >= 15 is 0 Å². The fraction of sp³-hybridized carbons (Fsp3) is 0.824. The molecule has 0 aliphatic carbocycles. The summed E-state index contributed by atoms with van der Waals surface area (Å²) >= 11 is 0. The van der Waals surface area contributed by atoms with Crippen LogP contribution < -0.4 is 0 Å². The monoisotopic (exact) mass is 799 g/mol. The summed E-state index contributed by atoms with van der Waals surface area (Å²) in [5.74, 6) is -1.57. The first-order chi connectivity index (χ1) is 28.0. The zero-order chi connectivity index (χ0) is 41.3. The van der Waals surface area contributed by atoms with E-state index in [9.17, 15) is 14.4 Å².